The second-order valence-corrected chi connectivity index (χ2v) is 9.61. The summed E-state index contributed by atoms with van der Waals surface area (Å²) in [7, 11) is -3.93. The molecule has 1 amide bonds. The summed E-state index contributed by atoms with van der Waals surface area (Å²) in [5.74, 6) is -0.545. The monoisotopic (exact) mass is 462 g/mol. The lowest BCUT2D eigenvalue weighted by atomic mass is 10.1. The lowest BCUT2D eigenvalue weighted by molar-refractivity contribution is -0.113. The van der Waals surface area contributed by atoms with Crippen molar-refractivity contribution in [2.45, 2.75) is 4.90 Å². The van der Waals surface area contributed by atoms with Gasteiger partial charge in [-0.3, -0.25) is 9.52 Å². The number of aliphatic imine (C=N–C) groups is 1. The highest BCUT2D eigenvalue weighted by Gasteiger charge is 2.27. The van der Waals surface area contributed by atoms with E-state index in [2.05, 4.69) is 9.71 Å². The van der Waals surface area contributed by atoms with Gasteiger partial charge in [-0.15, -0.1) is 0 Å². The van der Waals surface area contributed by atoms with Gasteiger partial charge in [-0.05, 0) is 47.0 Å². The molecule has 1 aliphatic heterocycles. The summed E-state index contributed by atoms with van der Waals surface area (Å²) < 4.78 is 28.2. The Balaban J connectivity index is 1.61. The summed E-state index contributed by atoms with van der Waals surface area (Å²) in [5, 5.41) is 2.22. The lowest BCUT2D eigenvalue weighted by Crippen LogP contribution is -2.27. The van der Waals surface area contributed by atoms with Gasteiger partial charge >= 0.3 is 0 Å². The number of fused-ring (bicyclic) bond motifs is 1. The van der Waals surface area contributed by atoms with E-state index >= 15 is 0 Å². The summed E-state index contributed by atoms with van der Waals surface area (Å²) in [6.07, 6.45) is 1.55. The average Bonchev–Trinajstić information content (AvgIpc) is 3.01. The molecule has 4 rings (SSSR count). The molecular formula is C20H12Cl2N2O3S2. The Hall–Kier alpha value is -2.32. The first-order valence-corrected chi connectivity index (χ1v) is 11.4. The van der Waals surface area contributed by atoms with Gasteiger partial charge in [0.15, 0.2) is 5.17 Å². The molecule has 1 N–H and O–H groups in total. The summed E-state index contributed by atoms with van der Waals surface area (Å²) >= 11 is 12.9. The topological polar surface area (TPSA) is 75.6 Å². The van der Waals surface area contributed by atoms with Crippen LogP contribution in [-0.2, 0) is 14.8 Å². The van der Waals surface area contributed by atoms with E-state index in [0.717, 1.165) is 17.1 Å². The van der Waals surface area contributed by atoms with Gasteiger partial charge in [-0.25, -0.2) is 8.42 Å². The highest BCUT2D eigenvalue weighted by atomic mass is 35.5. The number of thioether (sulfide) groups is 1. The molecule has 1 aliphatic rings. The number of carbonyl (C=O) groups excluding carboxylic acids is 1. The third kappa shape index (κ3) is 4.18. The van der Waals surface area contributed by atoms with Crippen molar-refractivity contribution in [1.82, 2.24) is 4.72 Å². The maximum atomic E-state index is 12.9. The van der Waals surface area contributed by atoms with Crippen molar-refractivity contribution in [2.75, 3.05) is 0 Å². The highest BCUT2D eigenvalue weighted by Crippen LogP contribution is 2.31. The third-order valence-electron chi connectivity index (χ3n) is 4.13. The largest absolute Gasteiger partial charge is 0.286 e. The van der Waals surface area contributed by atoms with Crippen LogP contribution in [0.4, 0.5) is 0 Å². The molecule has 0 fully saturated rings. The number of rotatable bonds is 3. The molecule has 146 valence electrons. The number of benzene rings is 3. The Morgan fingerprint density at radius 1 is 1.00 bits per heavy atom. The van der Waals surface area contributed by atoms with Crippen LogP contribution in [0.3, 0.4) is 0 Å². The van der Waals surface area contributed by atoms with Gasteiger partial charge in [0.05, 0.1) is 9.80 Å². The van der Waals surface area contributed by atoms with Crippen LogP contribution in [0.15, 0.2) is 75.5 Å². The van der Waals surface area contributed by atoms with E-state index in [0.29, 0.717) is 21.0 Å². The Morgan fingerprint density at radius 2 is 1.76 bits per heavy atom. The van der Waals surface area contributed by atoms with E-state index in [-0.39, 0.29) is 15.0 Å². The number of nitrogens with one attached hydrogen (secondary N) is 1. The molecule has 0 atom stereocenters. The normalized spacial score (nSPS) is 15.7. The van der Waals surface area contributed by atoms with Crippen LogP contribution in [0.1, 0.15) is 5.56 Å². The van der Waals surface area contributed by atoms with Crippen LogP contribution in [-0.4, -0.2) is 19.5 Å². The fraction of sp³-hybridized carbons (Fsp3) is 0. The van der Waals surface area contributed by atoms with Gasteiger partial charge in [-0.2, -0.15) is 4.99 Å². The molecule has 0 bridgehead atoms. The first-order chi connectivity index (χ1) is 13.8. The number of amides is 1. The van der Waals surface area contributed by atoms with Crippen LogP contribution in [0.5, 0.6) is 0 Å². The molecule has 0 unspecified atom stereocenters. The second kappa shape index (κ2) is 7.84. The molecule has 0 spiro atoms. The molecule has 0 aliphatic carbocycles. The quantitative estimate of drug-likeness (QED) is 0.549. The Kier molecular flexibility index (Phi) is 5.40. The van der Waals surface area contributed by atoms with Crippen molar-refractivity contribution in [3.63, 3.8) is 0 Å². The van der Waals surface area contributed by atoms with Gasteiger partial charge in [0.25, 0.3) is 15.9 Å². The minimum Gasteiger partial charge on any atom is -0.266 e. The third-order valence-corrected chi connectivity index (χ3v) is 7.12. The standard InChI is InChI=1S/C20H12Cl2N2O3S2/c21-14-9-8-13(16(22)11-14)10-17-19(25)23-20(28-17)24-29(26,27)18-7-3-5-12-4-1-2-6-15(12)18/h1-11H,(H,23,24,25). The number of hydrogen-bond acceptors (Lipinski definition) is 4. The van der Waals surface area contributed by atoms with Crippen molar-refractivity contribution in [3.05, 3.63) is 81.2 Å². The number of halogens is 2. The zero-order chi connectivity index (χ0) is 20.6. The van der Waals surface area contributed by atoms with Gasteiger partial charge in [0, 0.05) is 15.4 Å². The molecule has 0 saturated carbocycles. The number of amidine groups is 1. The van der Waals surface area contributed by atoms with Crippen LogP contribution in [0.2, 0.25) is 10.0 Å². The molecule has 9 heteroatoms. The number of carbonyl (C=O) groups is 1. The molecular weight excluding hydrogens is 451 g/mol. The van der Waals surface area contributed by atoms with E-state index in [1.54, 1.807) is 42.5 Å². The molecule has 3 aromatic rings. The van der Waals surface area contributed by atoms with Crippen molar-refractivity contribution in [2.24, 2.45) is 4.99 Å². The minimum absolute atomic E-state index is 0.0146. The van der Waals surface area contributed by atoms with E-state index in [4.69, 9.17) is 23.2 Å². The average molecular weight is 463 g/mol. The number of sulfonamides is 1. The van der Waals surface area contributed by atoms with Crippen LogP contribution < -0.4 is 4.72 Å². The van der Waals surface area contributed by atoms with Crippen molar-refractivity contribution >= 4 is 72.9 Å². The highest BCUT2D eigenvalue weighted by molar-refractivity contribution is 8.19. The molecule has 0 radical (unpaired) electrons. The number of hydrogen-bond donors (Lipinski definition) is 1. The van der Waals surface area contributed by atoms with Gasteiger partial charge in [0.1, 0.15) is 0 Å². The molecule has 1 heterocycles. The zero-order valence-electron chi connectivity index (χ0n) is 14.6. The SMILES string of the molecule is O=C1N=C(NS(=O)(=O)c2cccc3ccccc23)SC1=Cc1ccc(Cl)cc1Cl. The van der Waals surface area contributed by atoms with E-state index in [9.17, 15) is 13.2 Å². The lowest BCUT2D eigenvalue weighted by Gasteiger charge is -2.09. The summed E-state index contributed by atoms with van der Waals surface area (Å²) in [6, 6.07) is 17.0. The van der Waals surface area contributed by atoms with Crippen LogP contribution >= 0.6 is 35.0 Å². The van der Waals surface area contributed by atoms with Gasteiger partial charge < -0.3 is 0 Å². The molecule has 29 heavy (non-hydrogen) atoms. The molecule has 5 nitrogen and oxygen atoms in total. The Labute approximate surface area is 181 Å². The smallest absolute Gasteiger partial charge is 0.266 e. The fourth-order valence-electron chi connectivity index (χ4n) is 2.81. The predicted molar refractivity (Wildman–Crippen MR) is 119 cm³/mol. The summed E-state index contributed by atoms with van der Waals surface area (Å²) in [4.78, 5) is 16.4. The van der Waals surface area contributed by atoms with Crippen molar-refractivity contribution < 1.29 is 13.2 Å². The summed E-state index contributed by atoms with van der Waals surface area (Å²) in [6.45, 7) is 0. The molecule has 0 aromatic heterocycles. The second-order valence-electron chi connectivity index (χ2n) is 6.08. The van der Waals surface area contributed by atoms with Gasteiger partial charge in [-0.1, -0.05) is 65.7 Å². The van der Waals surface area contributed by atoms with E-state index < -0.39 is 15.9 Å². The van der Waals surface area contributed by atoms with Gasteiger partial charge in [0.2, 0.25) is 0 Å². The Morgan fingerprint density at radius 3 is 2.55 bits per heavy atom. The maximum absolute atomic E-state index is 12.9. The first kappa shape index (κ1) is 20.0. The Bertz CT molecular complexity index is 1310. The van der Waals surface area contributed by atoms with Crippen molar-refractivity contribution in [1.29, 1.82) is 0 Å². The maximum Gasteiger partial charge on any atom is 0.286 e. The fourth-order valence-corrected chi connectivity index (χ4v) is 5.55. The van der Waals surface area contributed by atoms with E-state index in [1.807, 2.05) is 18.2 Å². The predicted octanol–water partition coefficient (Wildman–Crippen LogP) is 5.10. The zero-order valence-corrected chi connectivity index (χ0v) is 17.7. The number of nitrogens with zero attached hydrogens (tertiary/aromatic N) is 1. The first-order valence-electron chi connectivity index (χ1n) is 8.32. The molecule has 3 aromatic carbocycles. The van der Waals surface area contributed by atoms with E-state index in [1.165, 1.54) is 6.07 Å². The molecule has 0 saturated heterocycles. The van der Waals surface area contributed by atoms with Crippen LogP contribution in [0.25, 0.3) is 16.8 Å². The summed E-state index contributed by atoms with van der Waals surface area (Å²) in [5.41, 5.74) is 0.584. The van der Waals surface area contributed by atoms with Crippen LogP contribution in [0, 0.1) is 0 Å². The van der Waals surface area contributed by atoms with Crippen molar-refractivity contribution in [3.8, 4) is 0 Å². The minimum atomic E-state index is -3.93.